The molecule has 1 aliphatic heterocycles. The Morgan fingerprint density at radius 1 is 1.60 bits per heavy atom. The second-order valence-corrected chi connectivity index (χ2v) is 1.77. The summed E-state index contributed by atoms with van der Waals surface area (Å²) in [5.74, 6) is -1.44. The molecule has 1 N–H and O–H groups in total. The van der Waals surface area contributed by atoms with Crippen LogP contribution in [0.4, 0.5) is 0 Å². The first-order chi connectivity index (χ1) is 4.75. The molecule has 0 bridgehead atoms. The van der Waals surface area contributed by atoms with Gasteiger partial charge in [-0.1, -0.05) is 0 Å². The largest absolute Gasteiger partial charge is 0.395 e. The quantitative estimate of drug-likeness (QED) is 0.471. The third kappa shape index (κ3) is 1.03. The third-order valence-corrected chi connectivity index (χ3v) is 1.10. The van der Waals surface area contributed by atoms with Crippen molar-refractivity contribution in [1.82, 2.24) is 4.90 Å². The lowest BCUT2D eigenvalue weighted by Crippen LogP contribution is -2.30. The molecular formula is C5H6N2O3. The number of nitrogens with zero attached hydrogens (tertiary/aromatic N) is 2. The second-order valence-electron chi connectivity index (χ2n) is 1.77. The molecule has 0 radical (unpaired) electrons. The Morgan fingerprint density at radius 3 is 2.70 bits per heavy atom. The normalized spacial score (nSPS) is 17.1. The molecule has 5 nitrogen and oxygen atoms in total. The standard InChI is InChI=1S/C5H6N2O3/c8-2-1-7-3-6-4(9)5(7)10/h3,8H,1-2H2. The summed E-state index contributed by atoms with van der Waals surface area (Å²) in [4.78, 5) is 25.3. The topological polar surface area (TPSA) is 70.0 Å². The van der Waals surface area contributed by atoms with Gasteiger partial charge in [-0.3, -0.25) is 14.5 Å². The van der Waals surface area contributed by atoms with Gasteiger partial charge in [0.15, 0.2) is 0 Å². The molecule has 1 rings (SSSR count). The van der Waals surface area contributed by atoms with Gasteiger partial charge < -0.3 is 5.11 Å². The van der Waals surface area contributed by atoms with E-state index < -0.39 is 11.8 Å². The number of carbonyl (C=O) groups excluding carboxylic acids is 2. The highest BCUT2D eigenvalue weighted by molar-refractivity contribution is 6.41. The highest BCUT2D eigenvalue weighted by Gasteiger charge is 2.24. The third-order valence-electron chi connectivity index (χ3n) is 1.10. The summed E-state index contributed by atoms with van der Waals surface area (Å²) in [6.45, 7) is -0.0287. The highest BCUT2D eigenvalue weighted by Crippen LogP contribution is 1.95. The number of aliphatic hydroxyl groups is 1. The lowest BCUT2D eigenvalue weighted by atomic mass is 10.5. The zero-order valence-electron chi connectivity index (χ0n) is 5.15. The monoisotopic (exact) mass is 142 g/mol. The SMILES string of the molecule is O=C1N=CN(CCO)C1=O. The van der Waals surface area contributed by atoms with Crippen LogP contribution in [-0.2, 0) is 9.59 Å². The lowest BCUT2D eigenvalue weighted by molar-refractivity contribution is -0.139. The number of amides is 2. The predicted octanol–water partition coefficient (Wildman–Crippen LogP) is -1.62. The van der Waals surface area contributed by atoms with E-state index in [0.29, 0.717) is 0 Å². The Kier molecular flexibility index (Phi) is 1.77. The Labute approximate surface area is 57.0 Å². The summed E-state index contributed by atoms with van der Waals surface area (Å²) < 4.78 is 0. The van der Waals surface area contributed by atoms with Gasteiger partial charge in [0.05, 0.1) is 13.2 Å². The Bertz CT molecular complexity index is 199. The first-order valence-corrected chi connectivity index (χ1v) is 2.75. The Balaban J connectivity index is 2.58. The number of rotatable bonds is 2. The van der Waals surface area contributed by atoms with Crippen molar-refractivity contribution in [2.24, 2.45) is 4.99 Å². The van der Waals surface area contributed by atoms with Gasteiger partial charge in [0, 0.05) is 0 Å². The maximum absolute atomic E-state index is 10.6. The van der Waals surface area contributed by atoms with Crippen LogP contribution in [0.1, 0.15) is 0 Å². The number of β-amino-alcohol motifs (C(OH)–C–C–N with tert-alkyl or cyclic N) is 1. The molecule has 0 aromatic carbocycles. The molecular weight excluding hydrogens is 136 g/mol. The first kappa shape index (κ1) is 6.88. The fraction of sp³-hybridized carbons (Fsp3) is 0.400. The summed E-state index contributed by atoms with van der Waals surface area (Å²) in [5, 5.41) is 8.36. The molecule has 0 aromatic rings. The molecule has 0 saturated heterocycles. The van der Waals surface area contributed by atoms with Crippen molar-refractivity contribution in [3.05, 3.63) is 0 Å². The average molecular weight is 142 g/mol. The van der Waals surface area contributed by atoms with Crippen LogP contribution in [0.2, 0.25) is 0 Å². The van der Waals surface area contributed by atoms with E-state index in [0.717, 1.165) is 11.2 Å². The van der Waals surface area contributed by atoms with E-state index in [2.05, 4.69) is 4.99 Å². The Morgan fingerprint density at radius 2 is 2.30 bits per heavy atom. The van der Waals surface area contributed by atoms with Gasteiger partial charge in [-0.2, -0.15) is 4.99 Å². The maximum atomic E-state index is 10.6. The summed E-state index contributed by atoms with van der Waals surface area (Å²) in [6.07, 6.45) is 1.13. The molecule has 0 atom stereocenters. The minimum absolute atomic E-state index is 0.133. The Hall–Kier alpha value is -1.23. The van der Waals surface area contributed by atoms with Gasteiger partial charge in [0.25, 0.3) is 0 Å². The van der Waals surface area contributed by atoms with E-state index in [1.165, 1.54) is 0 Å². The number of hydrogen-bond acceptors (Lipinski definition) is 3. The zero-order chi connectivity index (χ0) is 7.56. The molecule has 1 heterocycles. The van der Waals surface area contributed by atoms with Crippen LogP contribution >= 0.6 is 0 Å². The molecule has 0 aliphatic carbocycles. The van der Waals surface area contributed by atoms with Gasteiger partial charge in [-0.15, -0.1) is 0 Å². The van der Waals surface area contributed by atoms with Crippen LogP contribution in [0.25, 0.3) is 0 Å². The predicted molar refractivity (Wildman–Crippen MR) is 32.3 cm³/mol. The van der Waals surface area contributed by atoms with Crippen LogP contribution < -0.4 is 0 Å². The number of hydrogen-bond donors (Lipinski definition) is 1. The van der Waals surface area contributed by atoms with E-state index in [4.69, 9.17) is 5.11 Å². The smallest absolute Gasteiger partial charge is 0.336 e. The van der Waals surface area contributed by atoms with Crippen LogP contribution in [0, 0.1) is 0 Å². The molecule has 0 saturated carbocycles. The van der Waals surface area contributed by atoms with E-state index in [1.54, 1.807) is 0 Å². The average Bonchev–Trinajstić information content (AvgIpc) is 2.20. The van der Waals surface area contributed by atoms with Gasteiger partial charge >= 0.3 is 11.8 Å². The van der Waals surface area contributed by atoms with Crippen molar-refractivity contribution in [3.8, 4) is 0 Å². The fourth-order valence-corrected chi connectivity index (χ4v) is 0.620. The van der Waals surface area contributed by atoms with E-state index in [-0.39, 0.29) is 13.2 Å². The summed E-state index contributed by atoms with van der Waals surface area (Å²) in [6, 6.07) is 0. The molecule has 0 aromatic heterocycles. The van der Waals surface area contributed by atoms with Crippen LogP contribution in [0.5, 0.6) is 0 Å². The van der Waals surface area contributed by atoms with E-state index in [1.807, 2.05) is 0 Å². The van der Waals surface area contributed by atoms with Crippen LogP contribution in [0.15, 0.2) is 4.99 Å². The minimum Gasteiger partial charge on any atom is -0.395 e. The van der Waals surface area contributed by atoms with Crippen molar-refractivity contribution in [3.63, 3.8) is 0 Å². The second kappa shape index (κ2) is 2.57. The molecule has 10 heavy (non-hydrogen) atoms. The minimum atomic E-state index is -0.770. The van der Waals surface area contributed by atoms with Gasteiger partial charge in [-0.05, 0) is 0 Å². The molecule has 5 heteroatoms. The van der Waals surface area contributed by atoms with Gasteiger partial charge in [-0.25, -0.2) is 0 Å². The van der Waals surface area contributed by atoms with Crippen molar-refractivity contribution in [1.29, 1.82) is 0 Å². The van der Waals surface area contributed by atoms with Crippen LogP contribution in [0.3, 0.4) is 0 Å². The lowest BCUT2D eigenvalue weighted by Gasteiger charge is -2.06. The molecule has 0 unspecified atom stereocenters. The zero-order valence-corrected chi connectivity index (χ0v) is 5.15. The maximum Gasteiger partial charge on any atom is 0.336 e. The van der Waals surface area contributed by atoms with E-state index in [9.17, 15) is 9.59 Å². The van der Waals surface area contributed by atoms with E-state index >= 15 is 0 Å². The van der Waals surface area contributed by atoms with Gasteiger partial charge in [0.1, 0.15) is 6.34 Å². The summed E-state index contributed by atoms with van der Waals surface area (Å²) >= 11 is 0. The molecule has 54 valence electrons. The number of aliphatic imine (C=N–C) groups is 1. The summed E-state index contributed by atoms with van der Waals surface area (Å²) in [5.41, 5.74) is 0. The van der Waals surface area contributed by atoms with Crippen molar-refractivity contribution in [2.75, 3.05) is 13.2 Å². The van der Waals surface area contributed by atoms with Crippen LogP contribution in [-0.4, -0.2) is 41.3 Å². The molecule has 0 spiro atoms. The number of aliphatic hydroxyl groups excluding tert-OH is 1. The number of carbonyl (C=O) groups is 2. The molecule has 2 amide bonds. The summed E-state index contributed by atoms with van der Waals surface area (Å²) in [7, 11) is 0. The molecule has 1 aliphatic rings. The van der Waals surface area contributed by atoms with Crippen molar-refractivity contribution >= 4 is 18.2 Å². The first-order valence-electron chi connectivity index (χ1n) is 2.75. The fourth-order valence-electron chi connectivity index (χ4n) is 0.620. The highest BCUT2D eigenvalue weighted by atomic mass is 16.3. The molecule has 0 fully saturated rings. The van der Waals surface area contributed by atoms with Gasteiger partial charge in [0.2, 0.25) is 0 Å². The van der Waals surface area contributed by atoms with Crippen molar-refractivity contribution < 1.29 is 14.7 Å². The van der Waals surface area contributed by atoms with Crippen molar-refractivity contribution in [2.45, 2.75) is 0 Å².